The molecular formula is C20H27F2N3O2. The number of likely N-dealkylation sites (tertiary alicyclic amines) is 1. The van der Waals surface area contributed by atoms with Crippen molar-refractivity contribution >= 4 is 5.91 Å². The van der Waals surface area contributed by atoms with Crippen LogP contribution < -0.4 is 11.1 Å². The van der Waals surface area contributed by atoms with Crippen molar-refractivity contribution in [3.8, 4) is 0 Å². The highest BCUT2D eigenvalue weighted by molar-refractivity contribution is 5.73. The molecule has 7 heteroatoms. The zero-order valence-corrected chi connectivity index (χ0v) is 15.5. The second kappa shape index (κ2) is 7.45. The fraction of sp³-hybridized carbons (Fsp3) is 0.650. The fourth-order valence-electron chi connectivity index (χ4n) is 5.06. The minimum Gasteiger partial charge on any atom is -0.370 e. The summed E-state index contributed by atoms with van der Waals surface area (Å²) in [7, 11) is 0. The molecule has 1 aromatic rings. The first-order chi connectivity index (χ1) is 12.9. The molecule has 27 heavy (non-hydrogen) atoms. The largest absolute Gasteiger partial charge is 0.370 e. The van der Waals surface area contributed by atoms with Crippen molar-refractivity contribution < 1.29 is 18.3 Å². The van der Waals surface area contributed by atoms with E-state index in [0.717, 1.165) is 38.1 Å². The van der Waals surface area contributed by atoms with Gasteiger partial charge in [-0.15, -0.1) is 0 Å². The molecule has 1 aliphatic carbocycles. The summed E-state index contributed by atoms with van der Waals surface area (Å²) < 4.78 is 33.3. The van der Waals surface area contributed by atoms with E-state index in [0.29, 0.717) is 30.9 Å². The van der Waals surface area contributed by atoms with Crippen LogP contribution in [0.25, 0.3) is 0 Å². The van der Waals surface area contributed by atoms with Crippen LogP contribution in [-0.2, 0) is 9.53 Å². The van der Waals surface area contributed by atoms with Crippen molar-refractivity contribution in [1.29, 1.82) is 0 Å². The van der Waals surface area contributed by atoms with Crippen LogP contribution in [0.5, 0.6) is 0 Å². The zero-order valence-electron chi connectivity index (χ0n) is 15.5. The molecule has 0 spiro atoms. The summed E-state index contributed by atoms with van der Waals surface area (Å²) in [6.45, 7) is 3.79. The molecule has 3 fully saturated rings. The quantitative estimate of drug-likeness (QED) is 0.843. The summed E-state index contributed by atoms with van der Waals surface area (Å²) in [5, 5.41) is 3.64. The molecule has 2 aliphatic heterocycles. The Kier molecular flexibility index (Phi) is 5.18. The molecule has 5 atom stereocenters. The van der Waals surface area contributed by atoms with E-state index < -0.39 is 17.7 Å². The summed E-state index contributed by atoms with van der Waals surface area (Å²) in [5.74, 6) is 0.329. The minimum absolute atomic E-state index is 0.112. The van der Waals surface area contributed by atoms with E-state index in [1.54, 1.807) is 6.92 Å². The molecule has 1 saturated carbocycles. The van der Waals surface area contributed by atoms with Gasteiger partial charge in [0.2, 0.25) is 5.91 Å². The van der Waals surface area contributed by atoms with Crippen LogP contribution in [0.1, 0.15) is 37.9 Å². The van der Waals surface area contributed by atoms with E-state index in [1.165, 1.54) is 6.07 Å². The van der Waals surface area contributed by atoms with Gasteiger partial charge in [0.15, 0.2) is 0 Å². The fourth-order valence-corrected chi connectivity index (χ4v) is 5.06. The lowest BCUT2D eigenvalue weighted by atomic mass is 9.93. The van der Waals surface area contributed by atoms with E-state index >= 15 is 0 Å². The van der Waals surface area contributed by atoms with Gasteiger partial charge in [-0.3, -0.25) is 4.79 Å². The first-order valence-electron chi connectivity index (χ1n) is 9.74. The Balaban J connectivity index is 1.31. The van der Waals surface area contributed by atoms with Crippen LogP contribution in [0.3, 0.4) is 0 Å². The predicted molar refractivity (Wildman–Crippen MR) is 96.8 cm³/mol. The standard InChI is InChI=1S/C20H27F2N3O2/c1-11(26)25-8-12-4-15(5-13(12)9-25)24-16-7-19(23)20(27-10-16)17-6-14(21)2-3-18(17)22/h2-3,6,12-13,15-16,19-20,24H,4-5,7-10,23H2,1H3/t12?,13?,15?,16-,19+,20-/m1/s1. The van der Waals surface area contributed by atoms with Gasteiger partial charge in [-0.2, -0.15) is 0 Å². The number of hydrogen-bond donors (Lipinski definition) is 2. The average molecular weight is 379 g/mol. The minimum atomic E-state index is -0.620. The highest BCUT2D eigenvalue weighted by atomic mass is 19.1. The van der Waals surface area contributed by atoms with E-state index in [-0.39, 0.29) is 23.6 Å². The van der Waals surface area contributed by atoms with Crippen LogP contribution in [-0.4, -0.2) is 48.6 Å². The number of fused-ring (bicyclic) bond motifs is 1. The second-order valence-electron chi connectivity index (χ2n) is 8.30. The van der Waals surface area contributed by atoms with Gasteiger partial charge >= 0.3 is 0 Å². The molecule has 2 unspecified atom stereocenters. The molecule has 1 aromatic carbocycles. The maximum Gasteiger partial charge on any atom is 0.219 e. The third-order valence-electron chi connectivity index (χ3n) is 6.35. The van der Waals surface area contributed by atoms with Crippen LogP contribution >= 0.6 is 0 Å². The van der Waals surface area contributed by atoms with Gasteiger partial charge in [0.05, 0.1) is 6.61 Å². The topological polar surface area (TPSA) is 67.6 Å². The van der Waals surface area contributed by atoms with E-state index in [2.05, 4.69) is 5.32 Å². The molecule has 0 aromatic heterocycles. The molecule has 4 rings (SSSR count). The highest BCUT2D eigenvalue weighted by Crippen LogP contribution is 2.39. The van der Waals surface area contributed by atoms with Crippen LogP contribution in [0.4, 0.5) is 8.78 Å². The van der Waals surface area contributed by atoms with Gasteiger partial charge in [0.25, 0.3) is 0 Å². The molecule has 3 aliphatic rings. The van der Waals surface area contributed by atoms with E-state index in [1.807, 2.05) is 4.90 Å². The number of carbonyl (C=O) groups excluding carboxylic acids is 1. The molecule has 0 radical (unpaired) electrons. The number of nitrogens with two attached hydrogens (primary N) is 1. The Hall–Kier alpha value is -1.57. The summed E-state index contributed by atoms with van der Waals surface area (Å²) >= 11 is 0. The number of hydrogen-bond acceptors (Lipinski definition) is 4. The lowest BCUT2D eigenvalue weighted by Gasteiger charge is -2.36. The smallest absolute Gasteiger partial charge is 0.219 e. The third-order valence-corrected chi connectivity index (χ3v) is 6.35. The summed E-state index contributed by atoms with van der Waals surface area (Å²) in [6.07, 6.45) is 2.15. The summed E-state index contributed by atoms with van der Waals surface area (Å²) in [6, 6.07) is 3.51. The molecule has 148 valence electrons. The Morgan fingerprint density at radius 3 is 2.52 bits per heavy atom. The zero-order chi connectivity index (χ0) is 19.1. The van der Waals surface area contributed by atoms with E-state index in [4.69, 9.17) is 10.5 Å². The number of halogens is 2. The highest BCUT2D eigenvalue weighted by Gasteiger charge is 2.42. The van der Waals surface area contributed by atoms with Crippen molar-refractivity contribution in [2.45, 2.75) is 50.4 Å². The van der Waals surface area contributed by atoms with Gasteiger partial charge < -0.3 is 20.7 Å². The molecule has 5 nitrogen and oxygen atoms in total. The molecule has 3 N–H and O–H groups in total. The van der Waals surface area contributed by atoms with Gasteiger partial charge in [-0.1, -0.05) is 0 Å². The van der Waals surface area contributed by atoms with Crippen molar-refractivity contribution in [1.82, 2.24) is 10.2 Å². The first-order valence-corrected chi connectivity index (χ1v) is 9.74. The monoisotopic (exact) mass is 379 g/mol. The Morgan fingerprint density at radius 2 is 1.89 bits per heavy atom. The number of carbonyl (C=O) groups is 1. The Morgan fingerprint density at radius 1 is 1.19 bits per heavy atom. The number of amides is 1. The molecule has 1 amide bonds. The van der Waals surface area contributed by atoms with Gasteiger partial charge in [0.1, 0.15) is 17.7 Å². The lowest BCUT2D eigenvalue weighted by Crippen LogP contribution is -2.50. The van der Waals surface area contributed by atoms with E-state index in [9.17, 15) is 13.6 Å². The van der Waals surface area contributed by atoms with Crippen molar-refractivity contribution in [2.24, 2.45) is 17.6 Å². The Bertz CT molecular complexity index is 702. The SMILES string of the molecule is CC(=O)N1CC2CC(N[C@H]3CO[C@H](c4cc(F)ccc4F)[C@@H](N)C3)CC2C1. The van der Waals surface area contributed by atoms with Crippen LogP contribution in [0, 0.1) is 23.5 Å². The summed E-state index contributed by atoms with van der Waals surface area (Å²) in [5.41, 5.74) is 6.43. The molecule has 2 heterocycles. The van der Waals surface area contributed by atoms with Crippen molar-refractivity contribution in [3.05, 3.63) is 35.4 Å². The maximum absolute atomic E-state index is 14.0. The van der Waals surface area contributed by atoms with Crippen molar-refractivity contribution in [3.63, 3.8) is 0 Å². The van der Waals surface area contributed by atoms with Crippen molar-refractivity contribution in [2.75, 3.05) is 19.7 Å². The molecule has 0 bridgehead atoms. The predicted octanol–water partition coefficient (Wildman–Crippen LogP) is 1.97. The number of rotatable bonds is 3. The second-order valence-corrected chi connectivity index (χ2v) is 8.30. The number of nitrogens with zero attached hydrogens (tertiary/aromatic N) is 1. The molecular weight excluding hydrogens is 352 g/mol. The van der Waals surface area contributed by atoms with Crippen LogP contribution in [0.2, 0.25) is 0 Å². The normalized spacial score (nSPS) is 36.1. The first kappa shape index (κ1) is 18.8. The molecule has 2 saturated heterocycles. The Labute approximate surface area is 158 Å². The summed E-state index contributed by atoms with van der Waals surface area (Å²) in [4.78, 5) is 13.5. The average Bonchev–Trinajstić information content (AvgIpc) is 3.16. The van der Waals surface area contributed by atoms with Crippen LogP contribution in [0.15, 0.2) is 18.2 Å². The van der Waals surface area contributed by atoms with Gasteiger partial charge in [-0.05, 0) is 49.3 Å². The number of benzene rings is 1. The lowest BCUT2D eigenvalue weighted by molar-refractivity contribution is -0.128. The third kappa shape index (κ3) is 3.86. The van der Waals surface area contributed by atoms with Gasteiger partial charge in [0, 0.05) is 43.7 Å². The number of nitrogens with one attached hydrogen (secondary N) is 1. The maximum atomic E-state index is 14.0. The number of ether oxygens (including phenoxy) is 1. The van der Waals surface area contributed by atoms with Gasteiger partial charge in [-0.25, -0.2) is 8.78 Å².